The number of benzene rings is 2. The Labute approximate surface area is 129 Å². The third-order valence-corrected chi connectivity index (χ3v) is 3.77. The number of hydrogen-bond acceptors (Lipinski definition) is 2. The molecule has 1 unspecified atom stereocenters. The van der Waals surface area contributed by atoms with Crippen LogP contribution in [0.25, 0.3) is 0 Å². The summed E-state index contributed by atoms with van der Waals surface area (Å²) in [6.45, 7) is 2.50. The quantitative estimate of drug-likeness (QED) is 0.826. The smallest absolute Gasteiger partial charge is 0.125 e. The number of halogens is 2. The number of ether oxygens (including phenoxy) is 1. The van der Waals surface area contributed by atoms with E-state index in [-0.39, 0.29) is 0 Å². The van der Waals surface area contributed by atoms with Crippen LogP contribution in [0.4, 0.5) is 0 Å². The number of hydrogen-bond donors (Lipinski definition) is 1. The summed E-state index contributed by atoms with van der Waals surface area (Å²) in [6.07, 6.45) is -0.702. The first-order valence-corrected chi connectivity index (χ1v) is 7.56. The maximum Gasteiger partial charge on any atom is 0.125 e. The summed E-state index contributed by atoms with van der Waals surface area (Å²) < 4.78 is 7.48. The summed E-state index contributed by atoms with van der Waals surface area (Å²) >= 11 is 6.81. The van der Waals surface area contributed by atoms with Crippen LogP contribution in [0.15, 0.2) is 51.4 Å². The monoisotopic (exact) mass is 384 g/mol. The van der Waals surface area contributed by atoms with Crippen molar-refractivity contribution in [2.45, 2.75) is 13.0 Å². The van der Waals surface area contributed by atoms with E-state index in [2.05, 4.69) is 31.9 Å². The molecule has 2 nitrogen and oxygen atoms in total. The number of aliphatic hydroxyl groups is 1. The summed E-state index contributed by atoms with van der Waals surface area (Å²) in [5, 5.41) is 10.5. The highest BCUT2D eigenvalue weighted by molar-refractivity contribution is 9.10. The largest absolute Gasteiger partial charge is 0.493 e. The Morgan fingerprint density at radius 2 is 1.68 bits per heavy atom. The van der Waals surface area contributed by atoms with Crippen LogP contribution in [0.1, 0.15) is 24.2 Å². The van der Waals surface area contributed by atoms with E-state index >= 15 is 0 Å². The molecule has 0 radical (unpaired) electrons. The third-order valence-electron chi connectivity index (χ3n) is 2.75. The van der Waals surface area contributed by atoms with E-state index in [9.17, 15) is 5.11 Å². The molecule has 0 aliphatic carbocycles. The summed E-state index contributed by atoms with van der Waals surface area (Å²) in [6, 6.07) is 13.3. The fraction of sp³-hybridized carbons (Fsp3) is 0.200. The molecule has 0 aromatic heterocycles. The minimum Gasteiger partial charge on any atom is -0.493 e. The zero-order valence-corrected chi connectivity index (χ0v) is 13.6. The fourth-order valence-corrected chi connectivity index (χ4v) is 2.49. The highest BCUT2D eigenvalue weighted by atomic mass is 79.9. The van der Waals surface area contributed by atoms with Crippen molar-refractivity contribution in [1.82, 2.24) is 0 Å². The van der Waals surface area contributed by atoms with E-state index in [0.29, 0.717) is 12.4 Å². The Hall–Kier alpha value is -0.840. The molecule has 19 heavy (non-hydrogen) atoms. The highest BCUT2D eigenvalue weighted by Gasteiger charge is 2.16. The first-order chi connectivity index (χ1) is 9.11. The van der Waals surface area contributed by atoms with Gasteiger partial charge in [0.25, 0.3) is 0 Å². The lowest BCUT2D eigenvalue weighted by molar-refractivity contribution is 0.212. The van der Waals surface area contributed by atoms with Gasteiger partial charge in [-0.15, -0.1) is 0 Å². The van der Waals surface area contributed by atoms with Crippen LogP contribution in [0.2, 0.25) is 0 Å². The molecule has 0 bridgehead atoms. The fourth-order valence-electron chi connectivity index (χ4n) is 1.84. The normalized spacial score (nSPS) is 12.2. The molecule has 0 aliphatic rings. The maximum atomic E-state index is 10.5. The summed E-state index contributed by atoms with van der Waals surface area (Å²) in [5.41, 5.74) is 1.60. The van der Waals surface area contributed by atoms with E-state index in [1.54, 1.807) is 0 Å². The Morgan fingerprint density at radius 1 is 1.05 bits per heavy atom. The van der Waals surface area contributed by atoms with Crippen molar-refractivity contribution in [3.8, 4) is 5.75 Å². The molecule has 0 saturated heterocycles. The van der Waals surface area contributed by atoms with Crippen LogP contribution in [-0.4, -0.2) is 11.7 Å². The van der Waals surface area contributed by atoms with Gasteiger partial charge < -0.3 is 9.84 Å². The lowest BCUT2D eigenvalue weighted by Crippen LogP contribution is -2.04. The highest BCUT2D eigenvalue weighted by Crippen LogP contribution is 2.32. The molecule has 1 atom stereocenters. The zero-order chi connectivity index (χ0) is 13.8. The first kappa shape index (κ1) is 14.6. The zero-order valence-electron chi connectivity index (χ0n) is 10.4. The minimum absolute atomic E-state index is 0.571. The summed E-state index contributed by atoms with van der Waals surface area (Å²) in [7, 11) is 0. The Kier molecular flexibility index (Phi) is 5.02. The predicted molar refractivity (Wildman–Crippen MR) is 83.5 cm³/mol. The molecule has 0 heterocycles. The van der Waals surface area contributed by atoms with Crippen LogP contribution >= 0.6 is 31.9 Å². The summed E-state index contributed by atoms with van der Waals surface area (Å²) in [4.78, 5) is 0. The van der Waals surface area contributed by atoms with Gasteiger partial charge in [-0.1, -0.05) is 44.0 Å². The SMILES string of the molecule is CCOc1ccc(Br)cc1C(O)c1ccc(Br)cc1. The Morgan fingerprint density at radius 3 is 2.32 bits per heavy atom. The average molecular weight is 386 g/mol. The van der Waals surface area contributed by atoms with Crippen molar-refractivity contribution in [2.75, 3.05) is 6.61 Å². The van der Waals surface area contributed by atoms with Crippen LogP contribution in [0.3, 0.4) is 0 Å². The number of rotatable bonds is 4. The Bertz CT molecular complexity index is 553. The molecule has 2 aromatic rings. The first-order valence-electron chi connectivity index (χ1n) is 5.97. The third kappa shape index (κ3) is 3.59. The van der Waals surface area contributed by atoms with Gasteiger partial charge in [0.05, 0.1) is 6.61 Å². The second-order valence-electron chi connectivity index (χ2n) is 4.07. The van der Waals surface area contributed by atoms with Gasteiger partial charge in [-0.25, -0.2) is 0 Å². The molecule has 0 amide bonds. The van der Waals surface area contributed by atoms with Gasteiger partial charge in [0.15, 0.2) is 0 Å². The Balaban J connectivity index is 2.39. The lowest BCUT2D eigenvalue weighted by Gasteiger charge is -2.16. The van der Waals surface area contributed by atoms with Crippen LogP contribution < -0.4 is 4.74 Å². The molecule has 2 aromatic carbocycles. The van der Waals surface area contributed by atoms with Gasteiger partial charge in [-0.3, -0.25) is 0 Å². The van der Waals surface area contributed by atoms with Gasteiger partial charge in [0.2, 0.25) is 0 Å². The van der Waals surface area contributed by atoms with E-state index in [1.165, 1.54) is 0 Å². The molecule has 100 valence electrons. The average Bonchev–Trinajstić information content (AvgIpc) is 2.41. The molecule has 2 rings (SSSR count). The van der Waals surface area contributed by atoms with E-state index in [0.717, 1.165) is 20.1 Å². The van der Waals surface area contributed by atoms with Crippen molar-refractivity contribution in [1.29, 1.82) is 0 Å². The van der Waals surface area contributed by atoms with Crippen LogP contribution in [-0.2, 0) is 0 Å². The van der Waals surface area contributed by atoms with Gasteiger partial charge in [0.1, 0.15) is 11.9 Å². The van der Waals surface area contributed by atoms with Gasteiger partial charge in [0, 0.05) is 14.5 Å². The predicted octanol–water partition coefficient (Wildman–Crippen LogP) is 4.69. The molecule has 0 aliphatic heterocycles. The van der Waals surface area contributed by atoms with E-state index in [1.807, 2.05) is 49.4 Å². The molecule has 4 heteroatoms. The van der Waals surface area contributed by atoms with Crippen molar-refractivity contribution in [2.24, 2.45) is 0 Å². The van der Waals surface area contributed by atoms with E-state index < -0.39 is 6.10 Å². The van der Waals surface area contributed by atoms with Crippen LogP contribution in [0.5, 0.6) is 5.75 Å². The molecule has 0 spiro atoms. The molecule has 0 fully saturated rings. The topological polar surface area (TPSA) is 29.5 Å². The van der Waals surface area contributed by atoms with E-state index in [4.69, 9.17) is 4.74 Å². The maximum absolute atomic E-state index is 10.5. The molecular weight excluding hydrogens is 372 g/mol. The number of aliphatic hydroxyl groups excluding tert-OH is 1. The molecule has 0 saturated carbocycles. The van der Waals surface area contributed by atoms with Crippen LogP contribution in [0, 0.1) is 0 Å². The van der Waals surface area contributed by atoms with Crippen molar-refractivity contribution in [3.05, 3.63) is 62.5 Å². The summed E-state index contributed by atoms with van der Waals surface area (Å²) in [5.74, 6) is 0.709. The minimum atomic E-state index is -0.702. The molecular formula is C15H14Br2O2. The lowest BCUT2D eigenvalue weighted by atomic mass is 10.0. The second-order valence-corrected chi connectivity index (χ2v) is 5.90. The van der Waals surface area contributed by atoms with Gasteiger partial charge >= 0.3 is 0 Å². The standard InChI is InChI=1S/C15H14Br2O2/c1-2-19-14-8-7-12(17)9-13(14)15(18)10-3-5-11(16)6-4-10/h3-9,15,18H,2H2,1H3. The van der Waals surface area contributed by atoms with Gasteiger partial charge in [-0.05, 0) is 42.8 Å². The molecule has 1 N–H and O–H groups in total. The van der Waals surface area contributed by atoms with Gasteiger partial charge in [-0.2, -0.15) is 0 Å². The van der Waals surface area contributed by atoms with Crippen molar-refractivity contribution in [3.63, 3.8) is 0 Å². The van der Waals surface area contributed by atoms with Crippen molar-refractivity contribution < 1.29 is 9.84 Å². The second kappa shape index (κ2) is 6.55. The van der Waals surface area contributed by atoms with Crippen molar-refractivity contribution >= 4 is 31.9 Å².